The van der Waals surface area contributed by atoms with E-state index in [0.29, 0.717) is 12.8 Å². The van der Waals surface area contributed by atoms with Crippen molar-refractivity contribution in [3.8, 4) is 0 Å². The molecule has 6 amide bonds. The first-order chi connectivity index (χ1) is 29.0. The summed E-state index contributed by atoms with van der Waals surface area (Å²) in [6.45, 7) is 4.58. The number of carboxylic acids is 1. The number of carboxylic acid groups (broad SMARTS) is 1. The van der Waals surface area contributed by atoms with E-state index >= 15 is 0 Å². The zero-order chi connectivity index (χ0) is 44.9. The Balaban J connectivity index is 1.58. The topological polar surface area (TPSA) is 259 Å². The molecular weight excluding hydrogens is 791 g/mol. The maximum absolute atomic E-state index is 14.5. The number of aromatic nitrogens is 1. The van der Waals surface area contributed by atoms with Crippen LogP contribution < -0.4 is 26.6 Å². The molecule has 2 aliphatic carbocycles. The summed E-state index contributed by atoms with van der Waals surface area (Å²) in [4.78, 5) is 125. The third kappa shape index (κ3) is 13.2. The van der Waals surface area contributed by atoms with E-state index < -0.39 is 89.4 Å². The van der Waals surface area contributed by atoms with E-state index in [-0.39, 0.29) is 48.1 Å². The summed E-state index contributed by atoms with van der Waals surface area (Å²) in [5, 5.41) is 23.4. The molecular formula is C43H61N7O11. The van der Waals surface area contributed by atoms with Gasteiger partial charge in [0.15, 0.2) is 5.78 Å². The predicted octanol–water partition coefficient (Wildman–Crippen LogP) is 1.96. The number of hydrogen-bond acceptors (Lipinski definition) is 11. The molecule has 61 heavy (non-hydrogen) atoms. The fourth-order valence-electron chi connectivity index (χ4n) is 8.37. The average molecular weight is 852 g/mol. The number of nitrogens with one attached hydrogen (secondary N) is 5. The SMILES string of the molecule is CNC(=O)[C@@H](NC(=O)[C@@H](NC(=O)[C@@H]1CC(=O)CN1C(=O)[C@@H](NC(=O)[C@H](CC/C=C/C(=O)OC)NC(=O)c1cnccc1C(=O)O)C(C)(C)C)C1CCCCC1)C1CCCCC1. The predicted molar refractivity (Wildman–Crippen MR) is 220 cm³/mol. The highest BCUT2D eigenvalue weighted by atomic mass is 16.5. The van der Waals surface area contributed by atoms with Gasteiger partial charge in [-0.05, 0) is 61.8 Å². The van der Waals surface area contributed by atoms with Crippen LogP contribution in [0.25, 0.3) is 0 Å². The van der Waals surface area contributed by atoms with Gasteiger partial charge in [-0.2, -0.15) is 0 Å². The van der Waals surface area contributed by atoms with E-state index in [9.17, 15) is 48.3 Å². The second-order valence-corrected chi connectivity index (χ2v) is 17.2. The van der Waals surface area contributed by atoms with Crippen molar-refractivity contribution in [2.24, 2.45) is 17.3 Å². The number of Topliss-reactive ketones (excluding diaryl/α,β-unsaturated/α-hetero) is 1. The van der Waals surface area contributed by atoms with Crippen LogP contribution in [0.1, 0.15) is 125 Å². The van der Waals surface area contributed by atoms with Gasteiger partial charge >= 0.3 is 11.9 Å². The molecule has 334 valence electrons. The molecule has 6 N–H and O–H groups in total. The first kappa shape index (κ1) is 48.0. The second-order valence-electron chi connectivity index (χ2n) is 17.2. The van der Waals surface area contributed by atoms with Crippen LogP contribution in [0.2, 0.25) is 0 Å². The Hall–Kier alpha value is -5.68. The Labute approximate surface area is 356 Å². The highest BCUT2D eigenvalue weighted by Crippen LogP contribution is 2.30. The summed E-state index contributed by atoms with van der Waals surface area (Å²) in [5.41, 5.74) is -1.69. The maximum atomic E-state index is 14.5. The molecule has 1 aliphatic heterocycles. The Bertz CT molecular complexity index is 1830. The van der Waals surface area contributed by atoms with Gasteiger partial charge in [0.25, 0.3) is 5.91 Å². The highest BCUT2D eigenvalue weighted by Gasteiger charge is 2.46. The van der Waals surface area contributed by atoms with Crippen LogP contribution in [0.3, 0.4) is 0 Å². The van der Waals surface area contributed by atoms with Crippen molar-refractivity contribution in [3.05, 3.63) is 41.7 Å². The molecule has 0 spiro atoms. The fraction of sp³-hybridized carbons (Fsp3) is 0.628. The van der Waals surface area contributed by atoms with Crippen LogP contribution in [0.5, 0.6) is 0 Å². The van der Waals surface area contributed by atoms with Gasteiger partial charge in [0, 0.05) is 31.9 Å². The number of methoxy groups -OCH3 is 1. The molecule has 3 fully saturated rings. The number of rotatable bonds is 17. The minimum Gasteiger partial charge on any atom is -0.478 e. The normalized spacial score (nSPS) is 19.5. The van der Waals surface area contributed by atoms with E-state index in [0.717, 1.165) is 74.6 Å². The van der Waals surface area contributed by atoms with E-state index in [1.54, 1.807) is 20.8 Å². The quantitative estimate of drug-likeness (QED) is 0.0972. The van der Waals surface area contributed by atoms with Crippen molar-refractivity contribution in [2.45, 2.75) is 134 Å². The number of carbonyl (C=O) groups excluding carboxylic acids is 8. The largest absolute Gasteiger partial charge is 0.478 e. The van der Waals surface area contributed by atoms with Crippen molar-refractivity contribution in [1.82, 2.24) is 36.5 Å². The standard InChI is InChI=1S/C43H61N7O11/c1-43(2,3)35(49-37(54)30(18-12-13-19-32(52)61-5)46-36(53)29-23-45-21-20-28(29)42(59)60)41(58)50-24-27(51)22-31(50)38(55)47-34(26-16-10-7-11-17-26)40(57)48-33(39(56)44-4)25-14-8-6-9-15-25/h13,19-21,23,25-26,30-31,33-35H,6-12,14-18,22,24H2,1-5H3,(H,44,56)(H,46,53)(H,47,55)(H,48,57)(H,49,54)(H,59,60)/b19-13+/t30-,31-,33-,34-,35+/m0/s1. The van der Waals surface area contributed by atoms with Gasteiger partial charge in [0.2, 0.25) is 29.5 Å². The third-order valence-corrected chi connectivity index (χ3v) is 11.8. The van der Waals surface area contributed by atoms with Gasteiger partial charge in [0.05, 0.1) is 24.8 Å². The number of ether oxygens (including phenoxy) is 1. The zero-order valence-electron chi connectivity index (χ0n) is 35.8. The number of carbonyl (C=O) groups is 9. The number of nitrogens with zero attached hydrogens (tertiary/aromatic N) is 2. The molecule has 2 heterocycles. The lowest BCUT2D eigenvalue weighted by molar-refractivity contribution is -0.145. The molecule has 0 aromatic carbocycles. The molecule has 0 unspecified atom stereocenters. The number of likely N-dealkylation sites (tertiary alicyclic amines) is 1. The minimum absolute atomic E-state index is 0.0627. The monoisotopic (exact) mass is 851 g/mol. The van der Waals surface area contributed by atoms with Crippen molar-refractivity contribution in [1.29, 1.82) is 0 Å². The van der Waals surface area contributed by atoms with Crippen LogP contribution in [0, 0.1) is 17.3 Å². The number of esters is 1. The van der Waals surface area contributed by atoms with Crippen LogP contribution in [0.4, 0.5) is 0 Å². The Morgan fingerprint density at radius 3 is 2.02 bits per heavy atom. The molecule has 1 aromatic heterocycles. The zero-order valence-corrected chi connectivity index (χ0v) is 35.8. The molecule has 4 rings (SSSR count). The second kappa shape index (κ2) is 22.2. The van der Waals surface area contributed by atoms with E-state index in [2.05, 4.69) is 36.3 Å². The molecule has 3 aliphatic rings. The number of likely N-dealkylation sites (N-methyl/N-ethyl adjacent to an activating group) is 1. The summed E-state index contributed by atoms with van der Waals surface area (Å²) in [7, 11) is 2.71. The number of aromatic carboxylic acids is 1. The Morgan fingerprint density at radius 2 is 1.46 bits per heavy atom. The van der Waals surface area contributed by atoms with Crippen LogP contribution >= 0.6 is 0 Å². The molecule has 18 nitrogen and oxygen atoms in total. The summed E-state index contributed by atoms with van der Waals surface area (Å²) in [5.74, 6) is -6.81. The Kier molecular flexibility index (Phi) is 17.5. The first-order valence-corrected chi connectivity index (χ1v) is 21.1. The summed E-state index contributed by atoms with van der Waals surface area (Å²) < 4.78 is 4.61. The van der Waals surface area contributed by atoms with Gasteiger partial charge in [-0.1, -0.05) is 65.4 Å². The average Bonchev–Trinajstić information content (AvgIpc) is 3.65. The van der Waals surface area contributed by atoms with Gasteiger partial charge in [-0.3, -0.25) is 38.5 Å². The number of allylic oxidation sites excluding steroid dienone is 1. The van der Waals surface area contributed by atoms with Crippen LogP contribution in [-0.2, 0) is 38.3 Å². The summed E-state index contributed by atoms with van der Waals surface area (Å²) in [6.07, 6.45) is 12.9. The van der Waals surface area contributed by atoms with Gasteiger partial charge in [-0.15, -0.1) is 0 Å². The number of pyridine rings is 1. The van der Waals surface area contributed by atoms with Crippen LogP contribution in [0.15, 0.2) is 30.6 Å². The highest BCUT2D eigenvalue weighted by molar-refractivity contribution is 6.06. The molecule has 5 atom stereocenters. The van der Waals surface area contributed by atoms with E-state index in [1.165, 1.54) is 26.4 Å². The van der Waals surface area contributed by atoms with Crippen LogP contribution in [-0.4, -0.2) is 119 Å². The minimum atomic E-state index is -1.40. The smallest absolute Gasteiger partial charge is 0.336 e. The summed E-state index contributed by atoms with van der Waals surface area (Å²) >= 11 is 0. The molecule has 2 saturated carbocycles. The molecule has 1 saturated heterocycles. The first-order valence-electron chi connectivity index (χ1n) is 21.1. The molecule has 0 radical (unpaired) electrons. The molecule has 0 bridgehead atoms. The lowest BCUT2D eigenvalue weighted by Gasteiger charge is -2.37. The Morgan fingerprint density at radius 1 is 0.852 bits per heavy atom. The number of amides is 6. The molecule has 18 heteroatoms. The van der Waals surface area contributed by atoms with Gasteiger partial charge in [0.1, 0.15) is 30.2 Å². The van der Waals surface area contributed by atoms with Crippen molar-refractivity contribution in [3.63, 3.8) is 0 Å². The number of hydrogen-bond donors (Lipinski definition) is 6. The lowest BCUT2D eigenvalue weighted by atomic mass is 9.81. The van der Waals surface area contributed by atoms with Crippen molar-refractivity contribution in [2.75, 3.05) is 20.7 Å². The summed E-state index contributed by atoms with van der Waals surface area (Å²) in [6, 6.07) is -4.71. The number of ketones is 1. The van der Waals surface area contributed by atoms with E-state index in [1.807, 2.05) is 0 Å². The van der Waals surface area contributed by atoms with E-state index in [4.69, 9.17) is 0 Å². The maximum Gasteiger partial charge on any atom is 0.336 e. The van der Waals surface area contributed by atoms with Crippen molar-refractivity contribution < 1.29 is 53.0 Å². The molecule has 1 aromatic rings. The lowest BCUT2D eigenvalue weighted by Crippen LogP contribution is -2.62. The van der Waals surface area contributed by atoms with Gasteiger partial charge in [-0.25, -0.2) is 9.59 Å². The third-order valence-electron chi connectivity index (χ3n) is 11.8. The van der Waals surface area contributed by atoms with Gasteiger partial charge < -0.3 is 41.3 Å². The van der Waals surface area contributed by atoms with Crippen molar-refractivity contribution >= 4 is 53.2 Å². The fourth-order valence-corrected chi connectivity index (χ4v) is 8.37.